The summed E-state index contributed by atoms with van der Waals surface area (Å²) in [6.45, 7) is 2.01. The van der Waals surface area contributed by atoms with Gasteiger partial charge in [0.15, 0.2) is 0 Å². The molecule has 0 aliphatic carbocycles. The van der Waals surface area contributed by atoms with Crippen LogP contribution in [0.5, 0.6) is 0 Å². The monoisotopic (exact) mass is 180 g/mol. The molecule has 2 N–H and O–H groups in total. The normalized spacial score (nSPS) is 12.0. The third kappa shape index (κ3) is 3.61. The van der Waals surface area contributed by atoms with Crippen molar-refractivity contribution in [2.45, 2.75) is 19.0 Å². The highest BCUT2D eigenvalue weighted by molar-refractivity contribution is 7.80. The average Bonchev–Trinajstić information content (AvgIpc) is 2.00. The van der Waals surface area contributed by atoms with Crippen LogP contribution in [0.1, 0.15) is 6.42 Å². The van der Waals surface area contributed by atoms with E-state index < -0.39 is 8.07 Å². The molecule has 62 valence electrons. The molecule has 0 radical (unpaired) electrons. The first kappa shape index (κ1) is 10.5. The summed E-state index contributed by atoms with van der Waals surface area (Å²) in [6.07, 6.45) is 1.39. The smallest absolute Gasteiger partial charge is 0.109 e. The molecule has 0 unspecified atom stereocenters. The minimum Gasteiger partial charge on any atom is -0.400 e. The maximum atomic E-state index is 8.89. The Morgan fingerprint density at radius 3 is 2.10 bits per heavy atom. The third-order valence-corrected chi connectivity index (χ3v) is 5.11. The van der Waals surface area contributed by atoms with Gasteiger partial charge in [0.05, 0.1) is 0 Å². The van der Waals surface area contributed by atoms with Gasteiger partial charge in [0.2, 0.25) is 0 Å². The molecule has 0 heterocycles. The zero-order valence-electron chi connectivity index (χ0n) is 6.38. The third-order valence-electron chi connectivity index (χ3n) is 1.70. The van der Waals surface area contributed by atoms with Crippen LogP contribution in [0.4, 0.5) is 0 Å². The van der Waals surface area contributed by atoms with Crippen molar-refractivity contribution in [1.29, 1.82) is 0 Å². The van der Waals surface area contributed by atoms with Gasteiger partial charge < -0.3 is 10.2 Å². The number of hydrogen-bond donors (Lipinski definition) is 3. The van der Waals surface area contributed by atoms with Crippen molar-refractivity contribution in [3.05, 3.63) is 0 Å². The van der Waals surface area contributed by atoms with Crippen molar-refractivity contribution in [3.63, 3.8) is 0 Å². The summed E-state index contributed by atoms with van der Waals surface area (Å²) in [5.74, 6) is 0.850. The molecule has 2 nitrogen and oxygen atoms in total. The predicted molar refractivity (Wildman–Crippen MR) is 49.1 cm³/mol. The maximum absolute atomic E-state index is 8.89. The quantitative estimate of drug-likeness (QED) is 0.425. The van der Waals surface area contributed by atoms with E-state index >= 15 is 0 Å². The summed E-state index contributed by atoms with van der Waals surface area (Å²) in [7, 11) is -1.66. The van der Waals surface area contributed by atoms with Crippen LogP contribution in [-0.4, -0.2) is 36.5 Å². The summed E-state index contributed by atoms with van der Waals surface area (Å²) in [5.41, 5.74) is 0. The minimum absolute atomic E-state index is 0.192. The van der Waals surface area contributed by atoms with Crippen molar-refractivity contribution in [2.24, 2.45) is 0 Å². The number of aliphatic hydroxyl groups excluding tert-OH is 2. The highest BCUT2D eigenvalue weighted by atomic mass is 32.1. The van der Waals surface area contributed by atoms with Crippen LogP contribution < -0.4 is 0 Å². The molecule has 4 heteroatoms. The van der Waals surface area contributed by atoms with Crippen molar-refractivity contribution in [1.82, 2.24) is 0 Å². The Kier molecular flexibility index (Phi) is 5.43. The lowest BCUT2D eigenvalue weighted by atomic mass is 10.6. The lowest BCUT2D eigenvalue weighted by Crippen LogP contribution is -2.40. The van der Waals surface area contributed by atoms with Crippen molar-refractivity contribution >= 4 is 20.7 Å². The molecule has 0 aliphatic rings. The molecule has 0 amide bonds. The number of rotatable bonds is 5. The van der Waals surface area contributed by atoms with Gasteiger partial charge in [-0.25, -0.2) is 0 Å². The molecule has 0 aliphatic heterocycles. The van der Waals surface area contributed by atoms with E-state index in [0.29, 0.717) is 0 Å². The maximum Gasteiger partial charge on any atom is 0.109 e. The molecule has 0 saturated carbocycles. The van der Waals surface area contributed by atoms with Gasteiger partial charge in [-0.05, 0) is 12.2 Å². The van der Waals surface area contributed by atoms with Crippen LogP contribution in [0.15, 0.2) is 0 Å². The zero-order valence-corrected chi connectivity index (χ0v) is 8.27. The van der Waals surface area contributed by atoms with Crippen molar-refractivity contribution in [3.8, 4) is 0 Å². The van der Waals surface area contributed by atoms with Crippen LogP contribution in [0.3, 0.4) is 0 Å². The van der Waals surface area contributed by atoms with E-state index in [1.807, 2.05) is 6.55 Å². The van der Waals surface area contributed by atoms with E-state index in [4.69, 9.17) is 10.2 Å². The molecule has 0 saturated heterocycles. The highest BCUT2D eigenvalue weighted by Gasteiger charge is 2.24. The van der Waals surface area contributed by atoms with Crippen LogP contribution in [0.2, 0.25) is 12.6 Å². The van der Waals surface area contributed by atoms with Crippen LogP contribution in [0, 0.1) is 0 Å². The summed E-state index contributed by atoms with van der Waals surface area (Å²) >= 11 is 4.07. The molecule has 0 bridgehead atoms. The van der Waals surface area contributed by atoms with Crippen LogP contribution in [0.25, 0.3) is 0 Å². The Bertz CT molecular complexity index is 85.8. The molecule has 0 aromatic carbocycles. The summed E-state index contributed by atoms with van der Waals surface area (Å²) in [5, 5.41) is 17.8. The highest BCUT2D eigenvalue weighted by Crippen LogP contribution is 2.10. The summed E-state index contributed by atoms with van der Waals surface area (Å²) < 4.78 is 0. The Balaban J connectivity index is 3.58. The second-order valence-corrected chi connectivity index (χ2v) is 8.16. The van der Waals surface area contributed by atoms with E-state index in [2.05, 4.69) is 12.6 Å². The fourth-order valence-corrected chi connectivity index (χ4v) is 2.62. The lowest BCUT2D eigenvalue weighted by Gasteiger charge is -2.20. The first-order valence-corrected chi connectivity index (χ1v) is 7.26. The van der Waals surface area contributed by atoms with Crippen molar-refractivity contribution < 1.29 is 10.2 Å². The molecule has 0 rings (SSSR count). The second-order valence-electron chi connectivity index (χ2n) is 2.95. The lowest BCUT2D eigenvalue weighted by molar-refractivity contribution is 0.320. The van der Waals surface area contributed by atoms with Gasteiger partial charge >= 0.3 is 0 Å². The van der Waals surface area contributed by atoms with Gasteiger partial charge in [0.25, 0.3) is 0 Å². The standard InChI is InChI=1S/C6H16O2SSi/c1-10(5-7,6-8)4-2-3-9/h7-9H,2-6H2,1H3. The van der Waals surface area contributed by atoms with Gasteiger partial charge in [-0.15, -0.1) is 0 Å². The molecule has 10 heavy (non-hydrogen) atoms. The van der Waals surface area contributed by atoms with Crippen LogP contribution in [-0.2, 0) is 0 Å². The Morgan fingerprint density at radius 1 is 1.30 bits per heavy atom. The van der Waals surface area contributed by atoms with Gasteiger partial charge in [-0.3, -0.25) is 0 Å². The van der Waals surface area contributed by atoms with Gasteiger partial charge in [0.1, 0.15) is 8.07 Å². The largest absolute Gasteiger partial charge is 0.400 e. The SMILES string of the molecule is C[Si](CO)(CO)CCCS. The molecule has 0 aromatic heterocycles. The summed E-state index contributed by atoms with van der Waals surface area (Å²) in [6, 6.07) is 0.976. The number of hydrogen-bond acceptors (Lipinski definition) is 3. The van der Waals surface area contributed by atoms with Gasteiger partial charge in [-0.2, -0.15) is 12.6 Å². The minimum atomic E-state index is -1.66. The topological polar surface area (TPSA) is 40.5 Å². The van der Waals surface area contributed by atoms with E-state index in [1.54, 1.807) is 0 Å². The molecular formula is C6H16O2SSi. The average molecular weight is 180 g/mol. The van der Waals surface area contributed by atoms with Crippen molar-refractivity contribution in [2.75, 3.05) is 18.2 Å². The van der Waals surface area contributed by atoms with E-state index in [-0.39, 0.29) is 12.5 Å². The fraction of sp³-hybridized carbons (Fsp3) is 1.00. The zero-order chi connectivity index (χ0) is 8.04. The second kappa shape index (κ2) is 5.18. The number of thiol groups is 1. The Morgan fingerprint density at radius 2 is 1.80 bits per heavy atom. The van der Waals surface area contributed by atoms with Gasteiger partial charge in [-0.1, -0.05) is 12.6 Å². The molecule has 0 aromatic rings. The van der Waals surface area contributed by atoms with E-state index in [9.17, 15) is 0 Å². The Hall–Kier alpha value is 0.487. The van der Waals surface area contributed by atoms with E-state index in [1.165, 1.54) is 0 Å². The van der Waals surface area contributed by atoms with E-state index in [0.717, 1.165) is 18.2 Å². The Labute approximate surface area is 68.7 Å². The predicted octanol–water partition coefficient (Wildman–Crippen LogP) is 0.448. The van der Waals surface area contributed by atoms with Gasteiger partial charge in [0, 0.05) is 12.5 Å². The fourth-order valence-electron chi connectivity index (χ4n) is 0.714. The first-order chi connectivity index (χ1) is 4.68. The molecule has 0 atom stereocenters. The summed E-state index contributed by atoms with van der Waals surface area (Å²) in [4.78, 5) is 0. The first-order valence-electron chi connectivity index (χ1n) is 3.51. The molecular weight excluding hydrogens is 164 g/mol. The van der Waals surface area contributed by atoms with Crippen LogP contribution >= 0.6 is 12.6 Å². The number of aliphatic hydroxyl groups is 2. The molecule has 0 fully saturated rings. The molecule has 0 spiro atoms.